The van der Waals surface area contributed by atoms with Gasteiger partial charge in [0.05, 0.1) is 18.8 Å². The third-order valence-electron chi connectivity index (χ3n) is 10.6. The van der Waals surface area contributed by atoms with Gasteiger partial charge in [0.1, 0.15) is 36.6 Å². The number of phosphoric ester groups is 1. The first kappa shape index (κ1) is 51.1. The summed E-state index contributed by atoms with van der Waals surface area (Å²) in [7, 11) is -5.07. The molecule has 0 radical (unpaired) electrons. The zero-order chi connectivity index (χ0) is 40.0. The summed E-state index contributed by atoms with van der Waals surface area (Å²) in [4.78, 5) is 23.3. The van der Waals surface area contributed by atoms with Gasteiger partial charge in [-0.05, 0) is 19.3 Å². The summed E-state index contributed by atoms with van der Waals surface area (Å²) < 4.78 is 22.8. The Bertz CT molecular complexity index is 973. The van der Waals surface area contributed by atoms with Crippen LogP contribution in [0.4, 0.5) is 0 Å². The second-order valence-electron chi connectivity index (χ2n) is 15.6. The third kappa shape index (κ3) is 24.0. The van der Waals surface area contributed by atoms with Crippen molar-refractivity contribution in [2.45, 2.75) is 236 Å². The summed E-state index contributed by atoms with van der Waals surface area (Å²) in [6, 6.07) is -1.11. The zero-order valence-electron chi connectivity index (χ0n) is 33.8. The smallest absolute Gasteiger partial charge is 0.387 e. The molecule has 0 spiro atoms. The maximum absolute atomic E-state index is 12.9. The van der Waals surface area contributed by atoms with Crippen molar-refractivity contribution < 1.29 is 53.9 Å². The van der Waals surface area contributed by atoms with Crippen LogP contribution in [0.15, 0.2) is 12.2 Å². The highest BCUT2D eigenvalue weighted by atomic mass is 31.2. The minimum absolute atomic E-state index is 0.218. The van der Waals surface area contributed by atoms with Crippen LogP contribution in [0.3, 0.4) is 0 Å². The number of carbonyl (C=O) groups excluding carboxylic acids is 1. The van der Waals surface area contributed by atoms with Crippen molar-refractivity contribution in [2.24, 2.45) is 0 Å². The molecule has 1 fully saturated rings. The average molecular weight is 794 g/mol. The standard InChI is InChI=1S/C41H80NO11P/c1-3-5-7-9-11-13-15-17-19-21-23-25-27-29-31-35(44)42-33(34(43)30-28-26-24-22-20-18-16-14-12-10-8-6-4-2)32-52-54(50,51)53-41-39(48)37(46)36(45)38(47)40(41)49/h28,30,33-34,36-41,43,45-49H,3-27,29,31-32H2,1-2H3,(H,42,44)(H,50,51)/b30-28+/t33-,34+,36?,37+,38?,39?,40?,41?/m0/s1. The Labute approximate surface area is 327 Å². The number of hydrogen-bond acceptors (Lipinski definition) is 10. The molecule has 1 aliphatic carbocycles. The van der Waals surface area contributed by atoms with E-state index in [4.69, 9.17) is 9.05 Å². The van der Waals surface area contributed by atoms with Gasteiger partial charge in [-0.2, -0.15) is 0 Å². The molecule has 8 N–H and O–H groups in total. The Morgan fingerprint density at radius 3 is 1.41 bits per heavy atom. The number of phosphoric acid groups is 1. The molecule has 9 atom stereocenters. The van der Waals surface area contributed by atoms with Gasteiger partial charge in [-0.15, -0.1) is 0 Å². The van der Waals surface area contributed by atoms with E-state index in [2.05, 4.69) is 19.2 Å². The van der Waals surface area contributed by atoms with E-state index < -0.39 is 63.2 Å². The Morgan fingerprint density at radius 1 is 0.611 bits per heavy atom. The Morgan fingerprint density at radius 2 is 0.981 bits per heavy atom. The molecular formula is C41H80NO11P. The van der Waals surface area contributed by atoms with Crippen LogP contribution in [0.5, 0.6) is 0 Å². The SMILES string of the molecule is CCCCCCCCCCCCC/C=C/[C@@H](O)[C@H](COP(=O)(O)OC1C(O)C(O)C(O)[C@@H](O)C1O)NC(=O)CCCCCCCCCCCCCCCC. The van der Waals surface area contributed by atoms with E-state index in [0.29, 0.717) is 6.42 Å². The molecule has 1 saturated carbocycles. The number of aliphatic hydroxyl groups excluding tert-OH is 6. The van der Waals surface area contributed by atoms with Crippen LogP contribution in [0.25, 0.3) is 0 Å². The molecule has 1 rings (SSSR count). The van der Waals surface area contributed by atoms with Crippen molar-refractivity contribution in [1.29, 1.82) is 0 Å². The molecule has 0 saturated heterocycles. The third-order valence-corrected chi connectivity index (χ3v) is 11.6. The first-order valence-electron chi connectivity index (χ1n) is 21.6. The van der Waals surface area contributed by atoms with Gasteiger partial charge in [0.2, 0.25) is 5.91 Å². The normalized spacial score (nSPS) is 24.1. The average Bonchev–Trinajstić information content (AvgIpc) is 3.15. The lowest BCUT2D eigenvalue weighted by molar-refractivity contribution is -0.220. The fraction of sp³-hybridized carbons (Fsp3) is 0.927. The fourth-order valence-corrected chi connectivity index (χ4v) is 7.93. The molecule has 0 aromatic rings. The number of rotatable bonds is 35. The summed E-state index contributed by atoms with van der Waals surface area (Å²) in [5, 5.41) is 63.8. The number of carbonyl (C=O) groups is 1. The van der Waals surface area contributed by atoms with Crippen LogP contribution < -0.4 is 5.32 Å². The summed E-state index contributed by atoms with van der Waals surface area (Å²) in [5.41, 5.74) is 0. The fourth-order valence-electron chi connectivity index (χ4n) is 6.96. The number of unbranched alkanes of at least 4 members (excludes halogenated alkanes) is 24. The zero-order valence-corrected chi connectivity index (χ0v) is 34.7. The lowest BCUT2D eigenvalue weighted by atomic mass is 9.85. The highest BCUT2D eigenvalue weighted by molar-refractivity contribution is 7.47. The van der Waals surface area contributed by atoms with Crippen molar-refractivity contribution in [1.82, 2.24) is 5.32 Å². The largest absolute Gasteiger partial charge is 0.472 e. The van der Waals surface area contributed by atoms with E-state index >= 15 is 0 Å². The molecule has 0 aromatic heterocycles. The lowest BCUT2D eigenvalue weighted by Crippen LogP contribution is -2.64. The summed E-state index contributed by atoms with van der Waals surface area (Å²) in [6.45, 7) is 3.82. The molecule has 0 aromatic carbocycles. The Kier molecular flexibility index (Phi) is 30.4. The molecule has 1 aliphatic rings. The highest BCUT2D eigenvalue weighted by Crippen LogP contribution is 2.47. The molecule has 13 heteroatoms. The minimum Gasteiger partial charge on any atom is -0.387 e. The second kappa shape index (κ2) is 32.1. The van der Waals surface area contributed by atoms with E-state index in [1.54, 1.807) is 0 Å². The van der Waals surface area contributed by atoms with Crippen molar-refractivity contribution >= 4 is 13.7 Å². The predicted octanol–water partition coefficient (Wildman–Crippen LogP) is 7.28. The highest BCUT2D eigenvalue weighted by Gasteiger charge is 2.51. The maximum atomic E-state index is 12.9. The van der Waals surface area contributed by atoms with Crippen LogP contribution in [-0.2, 0) is 18.4 Å². The van der Waals surface area contributed by atoms with Crippen LogP contribution in [-0.4, -0.2) is 96.8 Å². The van der Waals surface area contributed by atoms with Gasteiger partial charge < -0.3 is 40.8 Å². The van der Waals surface area contributed by atoms with Gasteiger partial charge >= 0.3 is 7.82 Å². The molecule has 0 heterocycles. The van der Waals surface area contributed by atoms with Crippen molar-refractivity contribution in [3.63, 3.8) is 0 Å². The van der Waals surface area contributed by atoms with E-state index in [0.717, 1.165) is 44.9 Å². The molecular weight excluding hydrogens is 713 g/mol. The van der Waals surface area contributed by atoms with E-state index in [-0.39, 0.29) is 12.3 Å². The van der Waals surface area contributed by atoms with Crippen molar-refractivity contribution in [2.75, 3.05) is 6.61 Å². The van der Waals surface area contributed by atoms with Crippen LogP contribution in [0, 0.1) is 0 Å². The van der Waals surface area contributed by atoms with Crippen LogP contribution in [0.1, 0.15) is 187 Å². The van der Waals surface area contributed by atoms with Gasteiger partial charge in [-0.3, -0.25) is 13.8 Å². The van der Waals surface area contributed by atoms with E-state index in [9.17, 15) is 44.9 Å². The van der Waals surface area contributed by atoms with Gasteiger partial charge in [-0.1, -0.05) is 174 Å². The number of allylic oxidation sites excluding steroid dienone is 1. The first-order chi connectivity index (χ1) is 25.9. The first-order valence-corrected chi connectivity index (χ1v) is 23.1. The van der Waals surface area contributed by atoms with Crippen molar-refractivity contribution in [3.05, 3.63) is 12.2 Å². The topological polar surface area (TPSA) is 206 Å². The molecule has 0 bridgehead atoms. The van der Waals surface area contributed by atoms with Gasteiger partial charge in [0.15, 0.2) is 0 Å². The second-order valence-corrected chi connectivity index (χ2v) is 17.0. The quantitative estimate of drug-likeness (QED) is 0.0182. The molecule has 54 heavy (non-hydrogen) atoms. The monoisotopic (exact) mass is 794 g/mol. The summed E-state index contributed by atoms with van der Waals surface area (Å²) >= 11 is 0. The number of nitrogens with one attached hydrogen (secondary N) is 1. The molecule has 12 nitrogen and oxygen atoms in total. The number of hydrogen-bond donors (Lipinski definition) is 8. The lowest BCUT2D eigenvalue weighted by Gasteiger charge is -2.41. The molecule has 6 unspecified atom stereocenters. The summed E-state index contributed by atoms with van der Waals surface area (Å²) in [6.07, 6.45) is 21.4. The van der Waals surface area contributed by atoms with Crippen LogP contribution in [0.2, 0.25) is 0 Å². The van der Waals surface area contributed by atoms with Crippen molar-refractivity contribution in [3.8, 4) is 0 Å². The Hall–Kier alpha value is -0.920. The van der Waals surface area contributed by atoms with Crippen LogP contribution >= 0.6 is 7.82 Å². The predicted molar refractivity (Wildman–Crippen MR) is 214 cm³/mol. The van der Waals surface area contributed by atoms with E-state index in [1.807, 2.05) is 6.08 Å². The van der Waals surface area contributed by atoms with E-state index in [1.165, 1.54) is 122 Å². The minimum atomic E-state index is -5.07. The number of amides is 1. The van der Waals surface area contributed by atoms with Gasteiger partial charge in [-0.25, -0.2) is 4.57 Å². The molecule has 320 valence electrons. The number of aliphatic hydroxyl groups is 6. The van der Waals surface area contributed by atoms with Gasteiger partial charge in [0.25, 0.3) is 0 Å². The molecule has 1 amide bonds. The Balaban J connectivity index is 2.54. The maximum Gasteiger partial charge on any atom is 0.472 e. The molecule has 0 aliphatic heterocycles. The summed E-state index contributed by atoms with van der Waals surface area (Å²) in [5.74, 6) is -0.340. The van der Waals surface area contributed by atoms with Gasteiger partial charge in [0, 0.05) is 6.42 Å².